The summed E-state index contributed by atoms with van der Waals surface area (Å²) >= 11 is 1.25. The molecule has 1 aliphatic heterocycles. The molecule has 0 saturated carbocycles. The molecule has 1 N–H and O–H groups in total. The molecule has 0 radical (unpaired) electrons. The standard InChI is InChI=1S/C27H20FN3O2S/c1-17-23(25(32)30-21-10-6-3-7-11-21)24(19-8-4-2-5-9-19)31-26(33)22(34-27(31)29-17)16-18-12-14-20(28)15-13-18/h2-16,24H,1H3,(H,30,32)/b22-16+. The van der Waals surface area contributed by atoms with Gasteiger partial charge in [-0.05, 0) is 48.4 Å². The van der Waals surface area contributed by atoms with E-state index in [4.69, 9.17) is 0 Å². The number of fused-ring (bicyclic) bond motifs is 1. The molecule has 0 aliphatic carbocycles. The van der Waals surface area contributed by atoms with E-state index < -0.39 is 6.04 Å². The Morgan fingerprint density at radius 2 is 1.65 bits per heavy atom. The largest absolute Gasteiger partial charge is 0.322 e. The molecule has 1 aromatic heterocycles. The van der Waals surface area contributed by atoms with Crippen molar-refractivity contribution in [3.05, 3.63) is 133 Å². The van der Waals surface area contributed by atoms with E-state index in [2.05, 4.69) is 10.3 Å². The van der Waals surface area contributed by atoms with Crippen molar-refractivity contribution in [2.24, 2.45) is 4.99 Å². The Hall–Kier alpha value is -4.10. The monoisotopic (exact) mass is 469 g/mol. The van der Waals surface area contributed by atoms with Gasteiger partial charge in [0.25, 0.3) is 11.5 Å². The van der Waals surface area contributed by atoms with Gasteiger partial charge in [-0.25, -0.2) is 9.38 Å². The first kappa shape index (κ1) is 21.7. The summed E-state index contributed by atoms with van der Waals surface area (Å²) in [5, 5.41) is 2.93. The number of thiazole rings is 1. The number of aromatic nitrogens is 1. The number of hydrogen-bond acceptors (Lipinski definition) is 4. The summed E-state index contributed by atoms with van der Waals surface area (Å²) in [5.41, 5.74) is 2.89. The highest BCUT2D eigenvalue weighted by Gasteiger charge is 2.32. The molecule has 0 fully saturated rings. The molecule has 3 aromatic carbocycles. The maximum atomic E-state index is 13.6. The van der Waals surface area contributed by atoms with Gasteiger partial charge in [0.15, 0.2) is 4.80 Å². The van der Waals surface area contributed by atoms with E-state index in [0.717, 1.165) is 5.56 Å². The summed E-state index contributed by atoms with van der Waals surface area (Å²) in [6, 6.07) is 23.9. The van der Waals surface area contributed by atoms with Crippen molar-refractivity contribution in [3.63, 3.8) is 0 Å². The molecule has 1 atom stereocenters. The van der Waals surface area contributed by atoms with E-state index in [1.54, 1.807) is 29.7 Å². The first-order valence-corrected chi connectivity index (χ1v) is 11.5. The zero-order valence-electron chi connectivity index (χ0n) is 18.2. The molecule has 1 unspecified atom stereocenters. The van der Waals surface area contributed by atoms with Gasteiger partial charge in [-0.15, -0.1) is 0 Å². The topological polar surface area (TPSA) is 63.5 Å². The molecule has 1 amide bonds. The number of amides is 1. The molecule has 2 heterocycles. The summed E-state index contributed by atoms with van der Waals surface area (Å²) < 4.78 is 15.3. The average Bonchev–Trinajstić information content (AvgIpc) is 3.15. The Labute approximate surface area is 198 Å². The number of nitrogens with one attached hydrogen (secondary N) is 1. The maximum absolute atomic E-state index is 13.6. The van der Waals surface area contributed by atoms with Gasteiger partial charge < -0.3 is 5.32 Å². The molecule has 0 spiro atoms. The third-order valence-electron chi connectivity index (χ3n) is 5.58. The number of nitrogens with zero attached hydrogens (tertiary/aromatic N) is 2. The van der Waals surface area contributed by atoms with Gasteiger partial charge in [0, 0.05) is 5.69 Å². The Morgan fingerprint density at radius 3 is 2.32 bits per heavy atom. The van der Waals surface area contributed by atoms with Crippen LogP contribution in [0.4, 0.5) is 10.1 Å². The fourth-order valence-electron chi connectivity index (χ4n) is 3.99. The minimum absolute atomic E-state index is 0.251. The smallest absolute Gasteiger partial charge is 0.271 e. The van der Waals surface area contributed by atoms with Crippen LogP contribution < -0.4 is 20.2 Å². The van der Waals surface area contributed by atoms with Crippen molar-refractivity contribution in [2.45, 2.75) is 13.0 Å². The van der Waals surface area contributed by atoms with Crippen molar-refractivity contribution < 1.29 is 9.18 Å². The van der Waals surface area contributed by atoms with Crippen LogP contribution in [-0.4, -0.2) is 10.5 Å². The highest BCUT2D eigenvalue weighted by atomic mass is 32.1. The van der Waals surface area contributed by atoms with Gasteiger partial charge in [-0.1, -0.05) is 72.0 Å². The van der Waals surface area contributed by atoms with Crippen molar-refractivity contribution in [1.82, 2.24) is 4.57 Å². The number of halogens is 1. The normalized spacial score (nSPS) is 15.6. The number of rotatable bonds is 4. The van der Waals surface area contributed by atoms with Crippen molar-refractivity contribution in [1.29, 1.82) is 0 Å². The van der Waals surface area contributed by atoms with Crippen molar-refractivity contribution in [3.8, 4) is 0 Å². The number of carbonyl (C=O) groups excluding carboxylic acids is 1. The molecular formula is C27H20FN3O2S. The fourth-order valence-corrected chi connectivity index (χ4v) is 5.04. The van der Waals surface area contributed by atoms with Crippen LogP contribution >= 0.6 is 11.3 Å². The molecule has 0 saturated heterocycles. The van der Waals surface area contributed by atoms with Gasteiger partial charge in [-0.2, -0.15) is 0 Å². The number of anilines is 1. The van der Waals surface area contributed by atoms with E-state index in [9.17, 15) is 14.0 Å². The number of carbonyl (C=O) groups is 1. The van der Waals surface area contributed by atoms with Crippen LogP contribution in [0.2, 0.25) is 0 Å². The van der Waals surface area contributed by atoms with Crippen LogP contribution in [0.25, 0.3) is 6.08 Å². The molecule has 0 bridgehead atoms. The van der Waals surface area contributed by atoms with E-state index in [0.29, 0.717) is 31.9 Å². The zero-order chi connectivity index (χ0) is 23.7. The molecule has 7 heteroatoms. The minimum atomic E-state index is -0.628. The molecule has 5 rings (SSSR count). The predicted octanol–water partition coefficient (Wildman–Crippen LogP) is 4.01. The number of para-hydroxylation sites is 1. The Kier molecular flexibility index (Phi) is 5.77. The van der Waals surface area contributed by atoms with Crippen LogP contribution in [0, 0.1) is 5.82 Å². The molecule has 4 aromatic rings. The van der Waals surface area contributed by atoms with Crippen LogP contribution in [0.3, 0.4) is 0 Å². The molecule has 168 valence electrons. The average molecular weight is 470 g/mol. The maximum Gasteiger partial charge on any atom is 0.271 e. The first-order valence-electron chi connectivity index (χ1n) is 10.7. The summed E-state index contributed by atoms with van der Waals surface area (Å²) in [6.45, 7) is 1.78. The second kappa shape index (κ2) is 9.03. The third kappa shape index (κ3) is 4.13. The Bertz CT molecular complexity index is 1570. The van der Waals surface area contributed by atoms with Crippen LogP contribution in [-0.2, 0) is 4.79 Å². The van der Waals surface area contributed by atoms with Gasteiger partial charge >= 0.3 is 0 Å². The van der Waals surface area contributed by atoms with Gasteiger partial charge in [0.05, 0.1) is 21.8 Å². The Balaban J connectivity index is 1.66. The highest BCUT2D eigenvalue weighted by Crippen LogP contribution is 2.30. The van der Waals surface area contributed by atoms with Crippen LogP contribution in [0.5, 0.6) is 0 Å². The summed E-state index contributed by atoms with van der Waals surface area (Å²) in [6.07, 6.45) is 1.72. The van der Waals surface area contributed by atoms with Gasteiger partial charge in [0.1, 0.15) is 5.82 Å². The van der Waals surface area contributed by atoms with E-state index >= 15 is 0 Å². The van der Waals surface area contributed by atoms with E-state index in [-0.39, 0.29) is 17.3 Å². The summed E-state index contributed by atoms with van der Waals surface area (Å²) in [7, 11) is 0. The lowest BCUT2D eigenvalue weighted by Crippen LogP contribution is -2.40. The lowest BCUT2D eigenvalue weighted by atomic mass is 9.95. The SMILES string of the molecule is CC1=C(C(=O)Nc2ccccc2)C(c2ccccc2)n2c(s/c(=C/c3ccc(F)cc3)c2=O)=N1. The molecule has 1 aliphatic rings. The van der Waals surface area contributed by atoms with Crippen LogP contribution in [0.15, 0.2) is 106 Å². The second-order valence-electron chi connectivity index (χ2n) is 7.86. The van der Waals surface area contributed by atoms with Crippen molar-refractivity contribution >= 4 is 29.0 Å². The number of hydrogen-bond donors (Lipinski definition) is 1. The van der Waals surface area contributed by atoms with Gasteiger partial charge in [-0.3, -0.25) is 14.2 Å². The highest BCUT2D eigenvalue weighted by molar-refractivity contribution is 7.07. The summed E-state index contributed by atoms with van der Waals surface area (Å²) in [4.78, 5) is 32.1. The molecule has 34 heavy (non-hydrogen) atoms. The fraction of sp³-hybridized carbons (Fsp3) is 0.0741. The molecular weight excluding hydrogens is 449 g/mol. The van der Waals surface area contributed by atoms with Crippen molar-refractivity contribution in [2.75, 3.05) is 5.32 Å². The minimum Gasteiger partial charge on any atom is -0.322 e. The predicted molar refractivity (Wildman–Crippen MR) is 132 cm³/mol. The summed E-state index contributed by atoms with van der Waals surface area (Å²) in [5.74, 6) is -0.651. The van der Waals surface area contributed by atoms with E-state index in [1.165, 1.54) is 23.5 Å². The number of allylic oxidation sites excluding steroid dienone is 1. The first-order chi connectivity index (χ1) is 16.5. The lowest BCUT2D eigenvalue weighted by molar-refractivity contribution is -0.113. The lowest BCUT2D eigenvalue weighted by Gasteiger charge is -2.25. The number of benzene rings is 3. The van der Waals surface area contributed by atoms with E-state index in [1.807, 2.05) is 60.7 Å². The third-order valence-corrected chi connectivity index (χ3v) is 6.56. The van der Waals surface area contributed by atoms with Gasteiger partial charge in [0.2, 0.25) is 0 Å². The zero-order valence-corrected chi connectivity index (χ0v) is 19.1. The Morgan fingerprint density at radius 1 is 1.00 bits per heavy atom. The second-order valence-corrected chi connectivity index (χ2v) is 8.87. The van der Waals surface area contributed by atoms with Crippen LogP contribution in [0.1, 0.15) is 24.1 Å². The molecule has 5 nitrogen and oxygen atoms in total. The quantitative estimate of drug-likeness (QED) is 0.491.